The Morgan fingerprint density at radius 2 is 1.45 bits per heavy atom. The predicted octanol–water partition coefficient (Wildman–Crippen LogP) is 5.29. The van der Waals surface area contributed by atoms with E-state index in [4.69, 9.17) is 16.6 Å². The van der Waals surface area contributed by atoms with Crippen molar-refractivity contribution < 1.29 is 0 Å². The van der Waals surface area contributed by atoms with Gasteiger partial charge < -0.3 is 0 Å². The van der Waals surface area contributed by atoms with Gasteiger partial charge in [0.2, 0.25) is 0 Å². The lowest BCUT2D eigenvalue weighted by Gasteiger charge is -2.04. The van der Waals surface area contributed by atoms with Crippen molar-refractivity contribution in [3.63, 3.8) is 0 Å². The number of hydrogen-bond acceptors (Lipinski definition) is 3. The molecule has 140 valence electrons. The molecule has 0 aliphatic heterocycles. The summed E-state index contributed by atoms with van der Waals surface area (Å²) in [5.74, 6) is 0. The average Bonchev–Trinajstić information content (AvgIpc) is 3.28. The first-order valence-corrected chi connectivity index (χ1v) is 10.3. The standard InChI is InChI=1S/C24H15ClN2OS/c25-19-13-11-16(12-14-19)15-20-23(28)27-22(18-9-5-2-6-10-18)21(26-24(27)29-20)17-7-3-1-4-8-17/h1-15H. The minimum atomic E-state index is -0.0616. The van der Waals surface area contributed by atoms with Crippen LogP contribution in [-0.2, 0) is 0 Å². The highest BCUT2D eigenvalue weighted by Gasteiger charge is 2.19. The molecule has 0 bridgehead atoms. The summed E-state index contributed by atoms with van der Waals surface area (Å²) in [7, 11) is 0. The molecular weight excluding hydrogens is 400 g/mol. The topological polar surface area (TPSA) is 34.4 Å². The van der Waals surface area contributed by atoms with E-state index < -0.39 is 0 Å². The fourth-order valence-corrected chi connectivity index (χ4v) is 4.47. The van der Waals surface area contributed by atoms with Gasteiger partial charge >= 0.3 is 0 Å². The Morgan fingerprint density at radius 3 is 2.10 bits per heavy atom. The lowest BCUT2D eigenvalue weighted by atomic mass is 10.1. The monoisotopic (exact) mass is 414 g/mol. The summed E-state index contributed by atoms with van der Waals surface area (Å²) in [6, 6.07) is 27.3. The number of thiazole rings is 1. The van der Waals surface area contributed by atoms with Crippen LogP contribution in [0.4, 0.5) is 0 Å². The molecule has 0 unspecified atom stereocenters. The van der Waals surface area contributed by atoms with Crippen molar-refractivity contribution in [2.24, 2.45) is 0 Å². The van der Waals surface area contributed by atoms with E-state index in [1.54, 1.807) is 4.40 Å². The van der Waals surface area contributed by atoms with Gasteiger partial charge in [0.15, 0.2) is 4.96 Å². The summed E-state index contributed by atoms with van der Waals surface area (Å²) in [4.78, 5) is 18.8. The fraction of sp³-hybridized carbons (Fsp3) is 0. The van der Waals surface area contributed by atoms with Gasteiger partial charge in [-0.05, 0) is 23.8 Å². The van der Waals surface area contributed by atoms with E-state index in [0.29, 0.717) is 14.5 Å². The highest BCUT2D eigenvalue weighted by molar-refractivity contribution is 7.15. The highest BCUT2D eigenvalue weighted by Crippen LogP contribution is 2.32. The average molecular weight is 415 g/mol. The number of benzene rings is 3. The molecule has 3 aromatic carbocycles. The molecule has 5 aromatic rings. The van der Waals surface area contributed by atoms with Crippen LogP contribution in [0.15, 0.2) is 89.7 Å². The summed E-state index contributed by atoms with van der Waals surface area (Å²) >= 11 is 7.37. The molecule has 5 heteroatoms. The molecule has 0 saturated carbocycles. The van der Waals surface area contributed by atoms with Gasteiger partial charge in [0.05, 0.1) is 15.9 Å². The summed E-state index contributed by atoms with van der Waals surface area (Å²) in [6.07, 6.45) is 1.88. The third-order valence-corrected chi connectivity index (χ3v) is 5.94. The number of nitrogens with zero attached hydrogens (tertiary/aromatic N) is 2. The third-order valence-electron chi connectivity index (χ3n) is 4.72. The van der Waals surface area contributed by atoms with Crippen LogP contribution in [0.25, 0.3) is 33.6 Å². The molecule has 0 spiro atoms. The molecule has 2 heterocycles. The Bertz CT molecular complexity index is 1410. The zero-order valence-electron chi connectivity index (χ0n) is 15.2. The second kappa shape index (κ2) is 7.32. The zero-order chi connectivity index (χ0) is 19.8. The summed E-state index contributed by atoms with van der Waals surface area (Å²) < 4.78 is 2.37. The second-order valence-electron chi connectivity index (χ2n) is 6.63. The van der Waals surface area contributed by atoms with Gasteiger partial charge in [0.25, 0.3) is 5.56 Å². The van der Waals surface area contributed by atoms with E-state index in [9.17, 15) is 4.79 Å². The molecule has 5 rings (SSSR count). The molecule has 0 amide bonds. The maximum atomic E-state index is 13.3. The summed E-state index contributed by atoms with van der Waals surface area (Å²) in [6.45, 7) is 0. The Kier molecular flexibility index (Phi) is 4.51. The Labute approximate surface area is 176 Å². The lowest BCUT2D eigenvalue weighted by molar-refractivity contribution is 1.15. The van der Waals surface area contributed by atoms with E-state index >= 15 is 0 Å². The number of hydrogen-bond donors (Lipinski definition) is 0. The largest absolute Gasteiger partial charge is 0.274 e. The van der Waals surface area contributed by atoms with Crippen molar-refractivity contribution in [1.82, 2.24) is 9.38 Å². The van der Waals surface area contributed by atoms with Crippen LogP contribution in [0.1, 0.15) is 5.56 Å². The molecular formula is C24H15ClN2OS. The van der Waals surface area contributed by atoms with E-state index in [0.717, 1.165) is 28.1 Å². The van der Waals surface area contributed by atoms with Crippen LogP contribution in [0.5, 0.6) is 0 Å². The Hall–Kier alpha value is -3.21. The first kappa shape index (κ1) is 17.9. The van der Waals surface area contributed by atoms with E-state index in [-0.39, 0.29) is 5.56 Å². The third kappa shape index (κ3) is 3.27. The van der Waals surface area contributed by atoms with Crippen molar-refractivity contribution in [3.8, 4) is 22.5 Å². The van der Waals surface area contributed by atoms with Crippen molar-refractivity contribution >= 4 is 34.0 Å². The van der Waals surface area contributed by atoms with E-state index in [2.05, 4.69) is 0 Å². The van der Waals surface area contributed by atoms with Crippen molar-refractivity contribution in [2.75, 3.05) is 0 Å². The molecule has 3 nitrogen and oxygen atoms in total. The number of halogens is 1. The number of aromatic nitrogens is 2. The molecule has 2 aromatic heterocycles. The number of rotatable bonds is 3. The van der Waals surface area contributed by atoms with Gasteiger partial charge in [-0.25, -0.2) is 9.38 Å². The summed E-state index contributed by atoms with van der Waals surface area (Å²) in [5.41, 5.74) is 4.47. The highest BCUT2D eigenvalue weighted by atomic mass is 35.5. The second-order valence-corrected chi connectivity index (χ2v) is 8.07. The molecule has 0 aliphatic carbocycles. The molecule has 0 N–H and O–H groups in total. The molecule has 0 fully saturated rings. The van der Waals surface area contributed by atoms with Gasteiger partial charge in [-0.1, -0.05) is 95.7 Å². The van der Waals surface area contributed by atoms with Crippen LogP contribution in [0.3, 0.4) is 0 Å². The number of imidazole rings is 1. The van der Waals surface area contributed by atoms with Gasteiger partial charge in [0.1, 0.15) is 0 Å². The molecule has 0 radical (unpaired) electrons. The van der Waals surface area contributed by atoms with E-state index in [1.165, 1.54) is 11.3 Å². The van der Waals surface area contributed by atoms with Gasteiger partial charge in [-0.15, -0.1) is 0 Å². The first-order chi connectivity index (χ1) is 14.2. The smallest absolute Gasteiger partial charge is 0.267 e. The van der Waals surface area contributed by atoms with Crippen LogP contribution in [-0.4, -0.2) is 9.38 Å². The minimum absolute atomic E-state index is 0.0616. The van der Waals surface area contributed by atoms with Crippen LogP contribution in [0.2, 0.25) is 5.02 Å². The maximum absolute atomic E-state index is 13.3. The van der Waals surface area contributed by atoms with Crippen LogP contribution in [0, 0.1) is 0 Å². The molecule has 0 saturated heterocycles. The van der Waals surface area contributed by atoms with Crippen molar-refractivity contribution in [2.45, 2.75) is 0 Å². The quantitative estimate of drug-likeness (QED) is 0.402. The van der Waals surface area contributed by atoms with Crippen LogP contribution >= 0.6 is 22.9 Å². The maximum Gasteiger partial charge on any atom is 0.274 e. The zero-order valence-corrected chi connectivity index (χ0v) is 16.8. The number of fused-ring (bicyclic) bond motifs is 1. The lowest BCUT2D eigenvalue weighted by Crippen LogP contribution is -2.23. The molecule has 0 atom stereocenters. The van der Waals surface area contributed by atoms with Gasteiger partial charge in [-0.2, -0.15) is 0 Å². The minimum Gasteiger partial charge on any atom is -0.267 e. The van der Waals surface area contributed by atoms with E-state index in [1.807, 2.05) is 91.0 Å². The fourth-order valence-electron chi connectivity index (χ4n) is 3.37. The molecule has 29 heavy (non-hydrogen) atoms. The normalized spacial score (nSPS) is 12.0. The SMILES string of the molecule is O=c1c(=Cc2ccc(Cl)cc2)sc2nc(-c3ccccc3)c(-c3ccccc3)n12. The van der Waals surface area contributed by atoms with Crippen molar-refractivity contribution in [1.29, 1.82) is 0 Å². The van der Waals surface area contributed by atoms with Crippen molar-refractivity contribution in [3.05, 3.63) is 110 Å². The Morgan fingerprint density at radius 1 is 0.828 bits per heavy atom. The predicted molar refractivity (Wildman–Crippen MR) is 120 cm³/mol. The van der Waals surface area contributed by atoms with Gasteiger partial charge in [-0.3, -0.25) is 4.79 Å². The Balaban J connectivity index is 1.79. The molecule has 0 aliphatic rings. The van der Waals surface area contributed by atoms with Gasteiger partial charge in [0, 0.05) is 16.1 Å². The summed E-state index contributed by atoms with van der Waals surface area (Å²) in [5, 5.41) is 0.671. The first-order valence-electron chi connectivity index (χ1n) is 9.14. The van der Waals surface area contributed by atoms with Crippen LogP contribution < -0.4 is 10.1 Å².